The molecule has 0 spiro atoms. The van der Waals surface area contributed by atoms with Crippen molar-refractivity contribution in [2.45, 2.75) is 6.92 Å². The average molecular weight is 285 g/mol. The zero-order valence-electron chi connectivity index (χ0n) is 11.7. The van der Waals surface area contributed by atoms with Gasteiger partial charge in [0.15, 0.2) is 5.69 Å². The van der Waals surface area contributed by atoms with Gasteiger partial charge in [0.25, 0.3) is 0 Å². The van der Waals surface area contributed by atoms with Crippen LogP contribution in [0.2, 0.25) is 0 Å². The van der Waals surface area contributed by atoms with Gasteiger partial charge in [-0.3, -0.25) is 9.59 Å². The zero-order chi connectivity index (χ0) is 15.4. The van der Waals surface area contributed by atoms with E-state index in [0.717, 1.165) is 0 Å². The second-order valence-electron chi connectivity index (χ2n) is 4.44. The van der Waals surface area contributed by atoms with Crippen LogP contribution in [0.3, 0.4) is 0 Å². The molecule has 0 unspecified atom stereocenters. The van der Waals surface area contributed by atoms with Gasteiger partial charge in [-0.15, -0.1) is 0 Å². The highest BCUT2D eigenvalue weighted by Gasteiger charge is 2.15. The summed E-state index contributed by atoms with van der Waals surface area (Å²) in [7, 11) is 1.67. The summed E-state index contributed by atoms with van der Waals surface area (Å²) in [5, 5.41) is 16.3. The summed E-state index contributed by atoms with van der Waals surface area (Å²) in [6.45, 7) is 1.60. The van der Waals surface area contributed by atoms with Gasteiger partial charge in [-0.1, -0.05) is 6.07 Å². The number of rotatable bonds is 4. The number of hydrogen-bond acceptors (Lipinski definition) is 5. The topological polar surface area (TPSA) is 84.2 Å². The van der Waals surface area contributed by atoms with Gasteiger partial charge in [0, 0.05) is 37.2 Å². The van der Waals surface area contributed by atoms with Crippen molar-refractivity contribution in [3.63, 3.8) is 0 Å². The molecule has 0 amide bonds. The SMILES string of the molecule is CN/C=C(\C)C(=O)c1nn(-c2cccc(O)c2)ccc1=O. The molecule has 21 heavy (non-hydrogen) atoms. The molecule has 0 atom stereocenters. The van der Waals surface area contributed by atoms with Gasteiger partial charge in [-0.05, 0) is 19.1 Å². The second kappa shape index (κ2) is 6.04. The van der Waals surface area contributed by atoms with Gasteiger partial charge in [0.2, 0.25) is 11.2 Å². The zero-order valence-corrected chi connectivity index (χ0v) is 11.7. The van der Waals surface area contributed by atoms with Crippen molar-refractivity contribution >= 4 is 5.78 Å². The van der Waals surface area contributed by atoms with Crippen molar-refractivity contribution in [3.8, 4) is 11.4 Å². The number of aromatic nitrogens is 2. The standard InChI is InChI=1S/C15H15N3O3/c1-10(9-16-2)15(21)14-13(20)6-7-18(17-14)11-4-3-5-12(19)8-11/h3-9,16,19H,1-2H3/b10-9+. The molecule has 108 valence electrons. The van der Waals surface area contributed by atoms with Crippen molar-refractivity contribution in [2.24, 2.45) is 0 Å². The lowest BCUT2D eigenvalue weighted by Crippen LogP contribution is -2.21. The molecule has 0 aliphatic heterocycles. The Kier molecular flexibility index (Phi) is 4.18. The molecular formula is C15H15N3O3. The van der Waals surface area contributed by atoms with E-state index in [1.54, 1.807) is 26.1 Å². The summed E-state index contributed by atoms with van der Waals surface area (Å²) in [4.78, 5) is 24.0. The largest absolute Gasteiger partial charge is 0.508 e. The third-order valence-electron chi connectivity index (χ3n) is 2.84. The van der Waals surface area contributed by atoms with E-state index in [1.165, 1.54) is 35.3 Å². The molecule has 0 bridgehead atoms. The molecule has 0 saturated carbocycles. The maximum atomic E-state index is 12.2. The number of phenolic OH excluding ortho intramolecular Hbond substituents is 1. The maximum Gasteiger partial charge on any atom is 0.214 e. The average Bonchev–Trinajstić information content (AvgIpc) is 2.47. The van der Waals surface area contributed by atoms with Gasteiger partial charge in [0.05, 0.1) is 5.69 Å². The van der Waals surface area contributed by atoms with Crippen LogP contribution in [0, 0.1) is 0 Å². The molecule has 1 heterocycles. The minimum atomic E-state index is -0.444. The highest BCUT2D eigenvalue weighted by Crippen LogP contribution is 2.14. The van der Waals surface area contributed by atoms with Crippen LogP contribution in [0.5, 0.6) is 5.75 Å². The van der Waals surface area contributed by atoms with E-state index < -0.39 is 11.2 Å². The van der Waals surface area contributed by atoms with Crippen molar-refractivity contribution < 1.29 is 9.90 Å². The Labute approximate surface area is 121 Å². The Morgan fingerprint density at radius 2 is 2.14 bits per heavy atom. The van der Waals surface area contributed by atoms with Crippen molar-refractivity contribution in [1.82, 2.24) is 15.1 Å². The van der Waals surface area contributed by atoms with E-state index in [0.29, 0.717) is 11.3 Å². The number of carbonyl (C=O) groups is 1. The summed E-state index contributed by atoms with van der Waals surface area (Å²) >= 11 is 0. The van der Waals surface area contributed by atoms with E-state index in [4.69, 9.17) is 0 Å². The molecule has 6 nitrogen and oxygen atoms in total. The summed E-state index contributed by atoms with van der Waals surface area (Å²) in [5.74, 6) is -0.365. The summed E-state index contributed by atoms with van der Waals surface area (Å²) in [6, 6.07) is 7.65. The molecule has 0 radical (unpaired) electrons. The predicted molar refractivity (Wildman–Crippen MR) is 78.6 cm³/mol. The number of nitrogens with one attached hydrogen (secondary N) is 1. The van der Waals surface area contributed by atoms with Gasteiger partial charge in [0.1, 0.15) is 5.75 Å². The van der Waals surface area contributed by atoms with Crippen molar-refractivity contribution in [3.05, 3.63) is 64.2 Å². The number of allylic oxidation sites excluding steroid dienone is 1. The Morgan fingerprint density at radius 1 is 1.38 bits per heavy atom. The first-order valence-electron chi connectivity index (χ1n) is 6.31. The number of carbonyl (C=O) groups excluding carboxylic acids is 1. The number of ketones is 1. The van der Waals surface area contributed by atoms with Crippen LogP contribution >= 0.6 is 0 Å². The minimum absolute atomic E-state index is 0.0761. The third-order valence-corrected chi connectivity index (χ3v) is 2.84. The maximum absolute atomic E-state index is 12.2. The number of phenols is 1. The fraction of sp³-hybridized carbons (Fsp3) is 0.133. The summed E-state index contributed by atoms with van der Waals surface area (Å²) < 4.78 is 1.38. The van der Waals surface area contributed by atoms with Gasteiger partial charge < -0.3 is 10.4 Å². The van der Waals surface area contributed by atoms with Crippen molar-refractivity contribution in [2.75, 3.05) is 7.05 Å². The first-order valence-corrected chi connectivity index (χ1v) is 6.31. The number of nitrogens with zero attached hydrogens (tertiary/aromatic N) is 2. The van der Waals surface area contributed by atoms with E-state index in [9.17, 15) is 14.7 Å². The second-order valence-corrected chi connectivity index (χ2v) is 4.44. The van der Waals surface area contributed by atoms with Gasteiger partial charge in [-0.2, -0.15) is 5.10 Å². The lowest BCUT2D eigenvalue weighted by atomic mass is 10.1. The smallest absolute Gasteiger partial charge is 0.214 e. The van der Waals surface area contributed by atoms with E-state index in [2.05, 4.69) is 10.4 Å². The first-order chi connectivity index (χ1) is 10.0. The molecule has 0 aliphatic carbocycles. The molecule has 1 aromatic carbocycles. The highest BCUT2D eigenvalue weighted by atomic mass is 16.3. The summed E-state index contributed by atoms with van der Waals surface area (Å²) in [5.41, 5.74) is 0.333. The molecular weight excluding hydrogens is 270 g/mol. The molecule has 6 heteroatoms. The monoisotopic (exact) mass is 285 g/mol. The van der Waals surface area contributed by atoms with Gasteiger partial charge in [-0.25, -0.2) is 4.68 Å². The lowest BCUT2D eigenvalue weighted by Gasteiger charge is -2.07. The molecule has 0 fully saturated rings. The Morgan fingerprint density at radius 3 is 2.81 bits per heavy atom. The quantitative estimate of drug-likeness (QED) is 0.652. The molecule has 0 aliphatic rings. The van der Waals surface area contributed by atoms with Crippen LogP contribution < -0.4 is 10.7 Å². The number of hydrogen-bond donors (Lipinski definition) is 2. The Hall–Kier alpha value is -2.89. The van der Waals surface area contributed by atoms with Crippen LogP contribution in [0.25, 0.3) is 5.69 Å². The molecule has 2 N–H and O–H groups in total. The molecule has 0 saturated heterocycles. The predicted octanol–water partition coefficient (Wildman–Crippen LogP) is 1.24. The minimum Gasteiger partial charge on any atom is -0.508 e. The number of Topliss-reactive ketones (excluding diaryl/α,β-unsaturated/α-hetero) is 1. The van der Waals surface area contributed by atoms with E-state index in [-0.39, 0.29) is 11.4 Å². The van der Waals surface area contributed by atoms with E-state index >= 15 is 0 Å². The van der Waals surface area contributed by atoms with Crippen LogP contribution in [0.4, 0.5) is 0 Å². The molecule has 2 aromatic rings. The Balaban J connectivity index is 2.50. The fourth-order valence-corrected chi connectivity index (χ4v) is 1.81. The van der Waals surface area contributed by atoms with Crippen LogP contribution in [-0.4, -0.2) is 27.7 Å². The van der Waals surface area contributed by atoms with Gasteiger partial charge >= 0.3 is 0 Å². The summed E-state index contributed by atoms with van der Waals surface area (Å²) in [6.07, 6.45) is 2.96. The molecule has 2 rings (SSSR count). The number of aromatic hydroxyl groups is 1. The lowest BCUT2D eigenvalue weighted by molar-refractivity contribution is 0.102. The van der Waals surface area contributed by atoms with Crippen LogP contribution in [0.1, 0.15) is 17.4 Å². The Bertz CT molecular complexity index is 763. The van der Waals surface area contributed by atoms with E-state index in [1.807, 2.05) is 0 Å². The van der Waals surface area contributed by atoms with Crippen LogP contribution in [0.15, 0.2) is 53.1 Å². The highest BCUT2D eigenvalue weighted by molar-refractivity contribution is 6.06. The molecule has 1 aromatic heterocycles. The van der Waals surface area contributed by atoms with Crippen molar-refractivity contribution in [1.29, 1.82) is 0 Å². The number of benzene rings is 1. The third kappa shape index (κ3) is 3.17. The first kappa shape index (κ1) is 14.5. The van der Waals surface area contributed by atoms with Crippen LogP contribution in [-0.2, 0) is 0 Å². The fourth-order valence-electron chi connectivity index (χ4n) is 1.81. The normalized spacial score (nSPS) is 11.2.